The Balaban J connectivity index is 2.36. The van der Waals surface area contributed by atoms with Crippen LogP contribution < -0.4 is 5.73 Å². The highest BCUT2D eigenvalue weighted by Crippen LogP contribution is 2.28. The fraction of sp³-hybridized carbons (Fsp3) is 0.400. The first-order valence-corrected chi connectivity index (χ1v) is 7.15. The molecule has 114 valence electrons. The molecule has 0 radical (unpaired) electrons. The van der Waals surface area contributed by atoms with Crippen molar-refractivity contribution in [2.45, 2.75) is 19.5 Å². The molecule has 1 aromatic carbocycles. The minimum Gasteiger partial charge on any atom is -0.319 e. The van der Waals surface area contributed by atoms with E-state index in [1.807, 2.05) is 21.0 Å². The summed E-state index contributed by atoms with van der Waals surface area (Å²) in [6.07, 6.45) is 1.58. The largest absolute Gasteiger partial charge is 0.319 e. The second kappa shape index (κ2) is 6.56. The second-order valence-corrected chi connectivity index (χ2v) is 5.79. The third-order valence-corrected chi connectivity index (χ3v) is 3.75. The maximum Gasteiger partial charge on any atom is 0.123 e. The topological polar surface area (TPSA) is 47.1 Å². The molecule has 0 bridgehead atoms. The van der Waals surface area contributed by atoms with Gasteiger partial charge in [-0.2, -0.15) is 5.10 Å². The van der Waals surface area contributed by atoms with Crippen molar-refractivity contribution < 1.29 is 4.39 Å². The van der Waals surface area contributed by atoms with E-state index in [1.54, 1.807) is 16.9 Å². The summed E-state index contributed by atoms with van der Waals surface area (Å²) in [6.45, 7) is 3.40. The fourth-order valence-corrected chi connectivity index (χ4v) is 2.51. The Kier molecular flexibility index (Phi) is 4.98. The molecule has 0 spiro atoms. The van der Waals surface area contributed by atoms with Gasteiger partial charge in [0.05, 0.1) is 29.5 Å². The Labute approximate surface area is 129 Å². The summed E-state index contributed by atoms with van der Waals surface area (Å²) in [4.78, 5) is 2.05. The van der Waals surface area contributed by atoms with Gasteiger partial charge in [0, 0.05) is 6.54 Å². The number of aromatic nitrogens is 2. The summed E-state index contributed by atoms with van der Waals surface area (Å²) >= 11 is 6.23. The quantitative estimate of drug-likeness (QED) is 0.923. The number of hydrogen-bond acceptors (Lipinski definition) is 3. The zero-order chi connectivity index (χ0) is 15.6. The van der Waals surface area contributed by atoms with Crippen LogP contribution in [0.1, 0.15) is 22.9 Å². The van der Waals surface area contributed by atoms with Gasteiger partial charge in [-0.1, -0.05) is 17.7 Å². The van der Waals surface area contributed by atoms with Gasteiger partial charge in [0.2, 0.25) is 0 Å². The van der Waals surface area contributed by atoms with Crippen molar-refractivity contribution in [3.63, 3.8) is 0 Å². The van der Waals surface area contributed by atoms with Gasteiger partial charge in [-0.05, 0) is 44.3 Å². The molecule has 0 fully saturated rings. The summed E-state index contributed by atoms with van der Waals surface area (Å²) in [5, 5.41) is 4.78. The monoisotopic (exact) mass is 310 g/mol. The highest BCUT2D eigenvalue weighted by molar-refractivity contribution is 6.31. The molecule has 0 aliphatic rings. The Morgan fingerprint density at radius 2 is 2.14 bits per heavy atom. The van der Waals surface area contributed by atoms with E-state index in [-0.39, 0.29) is 5.82 Å². The van der Waals surface area contributed by atoms with Gasteiger partial charge in [0.15, 0.2) is 0 Å². The van der Waals surface area contributed by atoms with Crippen LogP contribution in [0.2, 0.25) is 5.02 Å². The fourth-order valence-electron chi connectivity index (χ4n) is 2.25. The van der Waals surface area contributed by atoms with Crippen LogP contribution in [0.5, 0.6) is 0 Å². The second-order valence-electron chi connectivity index (χ2n) is 5.38. The summed E-state index contributed by atoms with van der Waals surface area (Å²) in [7, 11) is 3.98. The molecule has 1 atom stereocenters. The van der Waals surface area contributed by atoms with Crippen LogP contribution in [0.3, 0.4) is 0 Å². The highest BCUT2D eigenvalue weighted by Gasteiger charge is 2.20. The van der Waals surface area contributed by atoms with Gasteiger partial charge in [0.1, 0.15) is 5.82 Å². The van der Waals surface area contributed by atoms with Crippen LogP contribution in [-0.4, -0.2) is 35.3 Å². The van der Waals surface area contributed by atoms with Crippen molar-refractivity contribution in [2.24, 2.45) is 5.73 Å². The van der Waals surface area contributed by atoms with Crippen molar-refractivity contribution in [2.75, 3.05) is 20.6 Å². The van der Waals surface area contributed by atoms with E-state index in [1.165, 1.54) is 12.1 Å². The Morgan fingerprint density at radius 1 is 1.43 bits per heavy atom. The number of nitrogens with two attached hydrogens (primary N) is 1. The van der Waals surface area contributed by atoms with Crippen molar-refractivity contribution in [3.8, 4) is 0 Å². The van der Waals surface area contributed by atoms with E-state index >= 15 is 0 Å². The van der Waals surface area contributed by atoms with E-state index in [0.717, 1.165) is 17.7 Å². The molecule has 0 saturated heterocycles. The molecule has 6 heteroatoms. The number of benzene rings is 1. The lowest BCUT2D eigenvalue weighted by atomic mass is 9.99. The lowest BCUT2D eigenvalue weighted by Crippen LogP contribution is -2.24. The molecule has 0 aliphatic carbocycles. The summed E-state index contributed by atoms with van der Waals surface area (Å²) in [6, 6.07) is 4.10. The zero-order valence-electron chi connectivity index (χ0n) is 12.5. The third kappa shape index (κ3) is 3.61. The molecule has 2 N–H and O–H groups in total. The molecule has 0 saturated carbocycles. The lowest BCUT2D eigenvalue weighted by molar-refractivity contribution is 0.368. The van der Waals surface area contributed by atoms with Gasteiger partial charge in [-0.25, -0.2) is 4.39 Å². The highest BCUT2D eigenvalue weighted by atomic mass is 35.5. The van der Waals surface area contributed by atoms with Crippen LogP contribution in [0.25, 0.3) is 0 Å². The SMILES string of the molecule is Cc1ccc(F)cc1C(N)c1c(Cl)cnn1CCN(C)C. The minimum absolute atomic E-state index is 0.304. The summed E-state index contributed by atoms with van der Waals surface area (Å²) in [5.74, 6) is -0.304. The first-order chi connectivity index (χ1) is 9.90. The van der Waals surface area contributed by atoms with Crippen LogP contribution in [-0.2, 0) is 6.54 Å². The standard InChI is InChI=1S/C15H20ClFN4/c1-10-4-5-11(17)8-12(10)14(18)15-13(16)9-19-21(15)7-6-20(2)3/h4-5,8-9,14H,6-7,18H2,1-3H3. The van der Waals surface area contributed by atoms with Crippen molar-refractivity contribution in [1.29, 1.82) is 0 Å². The number of likely N-dealkylation sites (N-methyl/N-ethyl adjacent to an activating group) is 1. The molecule has 0 aliphatic heterocycles. The molecular formula is C15H20ClFN4. The number of aryl methyl sites for hydroxylation is 1. The van der Waals surface area contributed by atoms with E-state index < -0.39 is 6.04 Å². The van der Waals surface area contributed by atoms with E-state index in [2.05, 4.69) is 10.00 Å². The normalized spacial score (nSPS) is 12.9. The molecule has 1 aromatic heterocycles. The van der Waals surface area contributed by atoms with Crippen molar-refractivity contribution in [3.05, 3.63) is 52.1 Å². The average Bonchev–Trinajstić information content (AvgIpc) is 2.79. The maximum absolute atomic E-state index is 13.5. The first-order valence-electron chi connectivity index (χ1n) is 6.77. The molecule has 21 heavy (non-hydrogen) atoms. The van der Waals surface area contributed by atoms with E-state index in [4.69, 9.17) is 17.3 Å². The van der Waals surface area contributed by atoms with Crippen LogP contribution >= 0.6 is 11.6 Å². The van der Waals surface area contributed by atoms with Crippen LogP contribution in [0, 0.1) is 12.7 Å². The zero-order valence-corrected chi connectivity index (χ0v) is 13.2. The van der Waals surface area contributed by atoms with Crippen LogP contribution in [0.4, 0.5) is 4.39 Å². The Bertz CT molecular complexity index is 624. The number of hydrogen-bond donors (Lipinski definition) is 1. The molecule has 1 unspecified atom stereocenters. The Hall–Kier alpha value is -1.43. The molecule has 2 aromatic rings. The third-order valence-electron chi connectivity index (χ3n) is 3.46. The van der Waals surface area contributed by atoms with Gasteiger partial charge >= 0.3 is 0 Å². The smallest absolute Gasteiger partial charge is 0.123 e. The number of rotatable bonds is 5. The average molecular weight is 311 g/mol. The summed E-state index contributed by atoms with van der Waals surface area (Å²) in [5.41, 5.74) is 8.68. The van der Waals surface area contributed by atoms with Gasteiger partial charge < -0.3 is 10.6 Å². The van der Waals surface area contributed by atoms with E-state index in [9.17, 15) is 4.39 Å². The van der Waals surface area contributed by atoms with Gasteiger partial charge in [-0.15, -0.1) is 0 Å². The molecule has 4 nitrogen and oxygen atoms in total. The predicted molar refractivity (Wildman–Crippen MR) is 83.0 cm³/mol. The molecule has 0 amide bonds. The molecule has 2 rings (SSSR count). The van der Waals surface area contributed by atoms with Gasteiger partial charge in [0.25, 0.3) is 0 Å². The molecule has 1 heterocycles. The molecular weight excluding hydrogens is 291 g/mol. The van der Waals surface area contributed by atoms with Crippen LogP contribution in [0.15, 0.2) is 24.4 Å². The summed E-state index contributed by atoms with van der Waals surface area (Å²) < 4.78 is 15.3. The first kappa shape index (κ1) is 15.9. The van der Waals surface area contributed by atoms with Gasteiger partial charge in [-0.3, -0.25) is 4.68 Å². The lowest BCUT2D eigenvalue weighted by Gasteiger charge is -2.18. The maximum atomic E-state index is 13.5. The number of halogens is 2. The van der Waals surface area contributed by atoms with E-state index in [0.29, 0.717) is 17.3 Å². The number of nitrogens with zero attached hydrogens (tertiary/aromatic N) is 3. The Morgan fingerprint density at radius 3 is 2.81 bits per heavy atom. The predicted octanol–water partition coefficient (Wildman–Crippen LogP) is 2.59. The van der Waals surface area contributed by atoms with Crippen molar-refractivity contribution in [1.82, 2.24) is 14.7 Å². The van der Waals surface area contributed by atoms with Crippen molar-refractivity contribution >= 4 is 11.6 Å². The minimum atomic E-state index is -0.502.